The standard InChI is InChI=1S/C20H32O6/c1-2-3-4-7-14(21)10-11-16-17(19(24)13-18(16)23)12-15(22)8-5-6-9-20(25)26/h10-11,14,16-18,21,23H,2-9,12-13H2,1H3,(H,25,26)/t14?,16-,17?,18?/m1/s1. The number of Topliss-reactive ketones (excluding diaryl/α,β-unsaturated/α-hetero) is 2. The molecule has 4 atom stereocenters. The molecular formula is C20H32O6. The highest BCUT2D eigenvalue weighted by atomic mass is 16.4. The fourth-order valence-corrected chi connectivity index (χ4v) is 3.39. The van der Waals surface area contributed by atoms with Gasteiger partial charge < -0.3 is 15.3 Å². The lowest BCUT2D eigenvalue weighted by Crippen LogP contribution is -2.22. The van der Waals surface area contributed by atoms with Crippen LogP contribution in [0.2, 0.25) is 0 Å². The molecule has 6 nitrogen and oxygen atoms in total. The Kier molecular flexibility index (Phi) is 10.4. The molecule has 1 saturated carbocycles. The number of carbonyl (C=O) groups excluding carboxylic acids is 2. The lowest BCUT2D eigenvalue weighted by molar-refractivity contribution is -0.137. The molecule has 0 amide bonds. The predicted molar refractivity (Wildman–Crippen MR) is 97.6 cm³/mol. The average molecular weight is 368 g/mol. The van der Waals surface area contributed by atoms with Gasteiger partial charge in [0.1, 0.15) is 11.6 Å². The van der Waals surface area contributed by atoms with Crippen LogP contribution in [0.5, 0.6) is 0 Å². The smallest absolute Gasteiger partial charge is 0.303 e. The highest BCUT2D eigenvalue weighted by molar-refractivity contribution is 5.90. The minimum atomic E-state index is -0.880. The van der Waals surface area contributed by atoms with Crippen LogP contribution in [0.25, 0.3) is 0 Å². The Labute approximate surface area is 155 Å². The van der Waals surface area contributed by atoms with Crippen molar-refractivity contribution in [3.63, 3.8) is 0 Å². The number of rotatable bonds is 13. The van der Waals surface area contributed by atoms with E-state index in [-0.39, 0.29) is 37.2 Å². The third-order valence-electron chi connectivity index (χ3n) is 4.94. The van der Waals surface area contributed by atoms with Gasteiger partial charge in [0.15, 0.2) is 0 Å². The minimum Gasteiger partial charge on any atom is -0.481 e. The quantitative estimate of drug-likeness (QED) is 0.340. The molecule has 0 saturated heterocycles. The zero-order chi connectivity index (χ0) is 19.5. The van der Waals surface area contributed by atoms with E-state index >= 15 is 0 Å². The van der Waals surface area contributed by atoms with Gasteiger partial charge in [-0.3, -0.25) is 14.4 Å². The van der Waals surface area contributed by atoms with Crippen LogP contribution in [0.4, 0.5) is 0 Å². The number of carboxylic acid groups (broad SMARTS) is 1. The predicted octanol–water partition coefficient (Wildman–Crippen LogP) is 2.65. The molecule has 0 aliphatic heterocycles. The Morgan fingerprint density at radius 3 is 2.54 bits per heavy atom. The van der Waals surface area contributed by atoms with E-state index in [1.807, 2.05) is 0 Å². The molecule has 0 aromatic rings. The topological polar surface area (TPSA) is 112 Å². The molecule has 0 radical (unpaired) electrons. The van der Waals surface area contributed by atoms with Crippen LogP contribution in [-0.4, -0.2) is 45.1 Å². The van der Waals surface area contributed by atoms with Gasteiger partial charge in [-0.15, -0.1) is 0 Å². The number of ketones is 2. The van der Waals surface area contributed by atoms with Gasteiger partial charge >= 0.3 is 5.97 Å². The fourth-order valence-electron chi connectivity index (χ4n) is 3.39. The average Bonchev–Trinajstić information content (AvgIpc) is 2.83. The summed E-state index contributed by atoms with van der Waals surface area (Å²) in [6, 6.07) is 0. The SMILES string of the molecule is CCCCCC(O)C=C[C@H]1C(O)CC(=O)C1CC(=O)CCCCC(=O)O. The lowest BCUT2D eigenvalue weighted by atomic mass is 9.88. The van der Waals surface area contributed by atoms with Crippen LogP contribution in [0.3, 0.4) is 0 Å². The van der Waals surface area contributed by atoms with Crippen molar-refractivity contribution in [1.82, 2.24) is 0 Å². The molecule has 0 heterocycles. The first-order valence-corrected chi connectivity index (χ1v) is 9.65. The summed E-state index contributed by atoms with van der Waals surface area (Å²) in [5, 5.41) is 28.7. The van der Waals surface area contributed by atoms with Gasteiger partial charge in [0.05, 0.1) is 12.2 Å². The summed E-state index contributed by atoms with van der Waals surface area (Å²) in [6.07, 6.45) is 6.93. The molecule has 6 heteroatoms. The molecule has 0 aromatic carbocycles. The molecule has 26 heavy (non-hydrogen) atoms. The van der Waals surface area contributed by atoms with E-state index in [0.717, 1.165) is 19.3 Å². The van der Waals surface area contributed by atoms with E-state index < -0.39 is 30.0 Å². The Balaban J connectivity index is 2.51. The second-order valence-electron chi connectivity index (χ2n) is 7.21. The van der Waals surface area contributed by atoms with E-state index in [1.54, 1.807) is 12.2 Å². The lowest BCUT2D eigenvalue weighted by Gasteiger charge is -2.17. The van der Waals surface area contributed by atoms with E-state index in [9.17, 15) is 24.6 Å². The molecule has 3 N–H and O–H groups in total. The van der Waals surface area contributed by atoms with Gasteiger partial charge in [-0.1, -0.05) is 38.3 Å². The maximum atomic E-state index is 12.1. The molecule has 0 aromatic heterocycles. The summed E-state index contributed by atoms with van der Waals surface area (Å²) in [7, 11) is 0. The van der Waals surface area contributed by atoms with Crippen molar-refractivity contribution in [1.29, 1.82) is 0 Å². The fraction of sp³-hybridized carbons (Fsp3) is 0.750. The summed E-state index contributed by atoms with van der Waals surface area (Å²) < 4.78 is 0. The Morgan fingerprint density at radius 2 is 1.88 bits per heavy atom. The summed E-state index contributed by atoms with van der Waals surface area (Å²) in [6.45, 7) is 2.09. The molecule has 1 aliphatic rings. The molecule has 1 fully saturated rings. The normalized spacial score (nSPS) is 24.3. The monoisotopic (exact) mass is 368 g/mol. The maximum Gasteiger partial charge on any atom is 0.303 e. The number of aliphatic hydroxyl groups excluding tert-OH is 2. The molecule has 148 valence electrons. The van der Waals surface area contributed by atoms with Crippen LogP contribution in [-0.2, 0) is 14.4 Å². The van der Waals surface area contributed by atoms with Crippen LogP contribution < -0.4 is 0 Å². The van der Waals surface area contributed by atoms with Crippen LogP contribution in [0.15, 0.2) is 12.2 Å². The highest BCUT2D eigenvalue weighted by Crippen LogP contribution is 2.33. The van der Waals surface area contributed by atoms with E-state index in [4.69, 9.17) is 5.11 Å². The number of carbonyl (C=O) groups is 3. The third-order valence-corrected chi connectivity index (χ3v) is 4.94. The van der Waals surface area contributed by atoms with Gasteiger partial charge in [0.2, 0.25) is 0 Å². The molecule has 3 unspecified atom stereocenters. The largest absolute Gasteiger partial charge is 0.481 e. The first-order chi connectivity index (χ1) is 12.3. The first-order valence-electron chi connectivity index (χ1n) is 9.65. The number of carboxylic acids is 1. The number of unbranched alkanes of at least 4 members (excludes halogenated alkanes) is 3. The molecule has 1 rings (SSSR count). The summed E-state index contributed by atoms with van der Waals surface area (Å²) in [5.41, 5.74) is 0. The van der Waals surface area contributed by atoms with Crippen LogP contribution in [0.1, 0.15) is 71.1 Å². The first kappa shape index (κ1) is 22.5. The zero-order valence-electron chi connectivity index (χ0n) is 15.6. The van der Waals surface area contributed by atoms with Crippen molar-refractivity contribution in [3.05, 3.63) is 12.2 Å². The van der Waals surface area contributed by atoms with Crippen LogP contribution >= 0.6 is 0 Å². The summed E-state index contributed by atoms with van der Waals surface area (Å²) >= 11 is 0. The van der Waals surface area contributed by atoms with E-state index in [0.29, 0.717) is 19.3 Å². The Hall–Kier alpha value is -1.53. The van der Waals surface area contributed by atoms with Gasteiger partial charge in [0.25, 0.3) is 0 Å². The number of aliphatic hydroxyl groups is 2. The van der Waals surface area contributed by atoms with Crippen molar-refractivity contribution in [2.45, 2.75) is 83.3 Å². The number of aliphatic carboxylic acids is 1. The highest BCUT2D eigenvalue weighted by Gasteiger charge is 2.40. The van der Waals surface area contributed by atoms with E-state index in [2.05, 4.69) is 6.92 Å². The van der Waals surface area contributed by atoms with Gasteiger partial charge in [-0.05, 0) is 19.3 Å². The van der Waals surface area contributed by atoms with Crippen molar-refractivity contribution in [2.24, 2.45) is 11.8 Å². The second-order valence-corrected chi connectivity index (χ2v) is 7.21. The minimum absolute atomic E-state index is 0.0373. The third kappa shape index (κ3) is 8.23. The Bertz CT molecular complexity index is 499. The molecule has 0 spiro atoms. The molecular weight excluding hydrogens is 336 g/mol. The zero-order valence-corrected chi connectivity index (χ0v) is 15.6. The summed E-state index contributed by atoms with van der Waals surface area (Å²) in [5.74, 6) is -2.06. The van der Waals surface area contributed by atoms with Gasteiger partial charge in [0, 0.05) is 37.5 Å². The van der Waals surface area contributed by atoms with Crippen molar-refractivity contribution >= 4 is 17.5 Å². The maximum absolute atomic E-state index is 12.1. The molecule has 1 aliphatic carbocycles. The van der Waals surface area contributed by atoms with Crippen molar-refractivity contribution in [2.75, 3.05) is 0 Å². The van der Waals surface area contributed by atoms with Crippen molar-refractivity contribution in [3.8, 4) is 0 Å². The van der Waals surface area contributed by atoms with Crippen LogP contribution in [0, 0.1) is 11.8 Å². The van der Waals surface area contributed by atoms with Crippen molar-refractivity contribution < 1.29 is 29.7 Å². The van der Waals surface area contributed by atoms with E-state index in [1.165, 1.54) is 0 Å². The number of hydrogen-bond donors (Lipinski definition) is 3. The number of hydrogen-bond acceptors (Lipinski definition) is 5. The summed E-state index contributed by atoms with van der Waals surface area (Å²) in [4.78, 5) is 34.7. The Morgan fingerprint density at radius 1 is 1.19 bits per heavy atom. The second kappa shape index (κ2) is 12.0. The molecule has 0 bridgehead atoms. The van der Waals surface area contributed by atoms with Gasteiger partial charge in [-0.2, -0.15) is 0 Å². The van der Waals surface area contributed by atoms with Gasteiger partial charge in [-0.25, -0.2) is 0 Å².